The van der Waals surface area contributed by atoms with E-state index in [2.05, 4.69) is 192 Å². The van der Waals surface area contributed by atoms with E-state index in [1.165, 1.54) is 108 Å². The Morgan fingerprint density at radius 2 is 1.16 bits per heavy atom. The molecule has 0 saturated heterocycles. The lowest BCUT2D eigenvalue weighted by Crippen LogP contribution is -2.54. The van der Waals surface area contributed by atoms with Crippen LogP contribution in [0.25, 0.3) is 63.6 Å². The molecule has 7 aromatic carbocycles. The average molecular weight is 756 g/mol. The second kappa shape index (κ2) is 12.0. The van der Waals surface area contributed by atoms with Crippen molar-refractivity contribution < 1.29 is 0 Å². The highest BCUT2D eigenvalue weighted by Gasteiger charge is 2.45. The molecule has 4 heterocycles. The maximum atomic E-state index is 2.60. The number of hydrogen-bond donors (Lipinski definition) is 0. The number of hydrogen-bond acceptors (Lipinski definition) is 3. The average Bonchev–Trinajstić information content (AvgIpc) is 3.87. The standard InChI is InChI=1S/C52H42BNS2/c1-51(2,3)33-23-25-42(38(29-33)31-15-8-7-9-16-31)54-43-21-12-11-20-41(43)53-48-40(47-39-30-34(52(4,5)6)24-26-46(39)56-50(47)53)27-32(28-44(48)54)35-18-14-19-37-36-17-10-13-22-45(36)55-49(35)37/h7-30H,1-6H3. The molecular formula is C52H42BNS2. The molecule has 0 N–H and O–H groups in total. The van der Waals surface area contributed by atoms with Crippen LogP contribution in [0.3, 0.4) is 0 Å². The minimum absolute atomic E-state index is 0.0122. The van der Waals surface area contributed by atoms with E-state index in [-0.39, 0.29) is 17.5 Å². The smallest absolute Gasteiger partial charge is 0.260 e. The number of thiophene rings is 2. The van der Waals surface area contributed by atoms with Crippen molar-refractivity contribution in [2.45, 2.75) is 52.4 Å². The van der Waals surface area contributed by atoms with Crippen molar-refractivity contribution in [3.63, 3.8) is 0 Å². The summed E-state index contributed by atoms with van der Waals surface area (Å²) in [5.41, 5.74) is 17.2. The predicted molar refractivity (Wildman–Crippen MR) is 248 cm³/mol. The largest absolute Gasteiger partial charge is 0.311 e. The number of nitrogens with zero attached hydrogens (tertiary/aromatic N) is 1. The fraction of sp³-hybridized carbons (Fsp3) is 0.154. The molecule has 0 fully saturated rings. The third-order valence-corrected chi connectivity index (χ3v) is 14.6. The van der Waals surface area contributed by atoms with Gasteiger partial charge in [-0.25, -0.2) is 0 Å². The zero-order chi connectivity index (χ0) is 38.1. The van der Waals surface area contributed by atoms with E-state index in [9.17, 15) is 0 Å². The van der Waals surface area contributed by atoms with Crippen molar-refractivity contribution in [3.8, 4) is 33.4 Å². The van der Waals surface area contributed by atoms with E-state index in [0.717, 1.165) is 0 Å². The molecule has 1 nitrogen and oxygen atoms in total. The van der Waals surface area contributed by atoms with Crippen LogP contribution in [-0.4, -0.2) is 6.71 Å². The molecule has 2 aliphatic rings. The lowest BCUT2D eigenvalue weighted by Gasteiger charge is -2.37. The molecule has 0 aliphatic carbocycles. The number of para-hydroxylation sites is 1. The second-order valence-corrected chi connectivity index (χ2v) is 19.9. The van der Waals surface area contributed by atoms with Gasteiger partial charge in [-0.2, -0.15) is 0 Å². The van der Waals surface area contributed by atoms with Crippen molar-refractivity contribution in [2.24, 2.45) is 0 Å². The van der Waals surface area contributed by atoms with Crippen LogP contribution in [0.4, 0.5) is 17.1 Å². The summed E-state index contributed by atoms with van der Waals surface area (Å²) in [4.78, 5) is 2.60. The topological polar surface area (TPSA) is 3.24 Å². The summed E-state index contributed by atoms with van der Waals surface area (Å²) < 4.78 is 5.53. The van der Waals surface area contributed by atoms with Gasteiger partial charge < -0.3 is 4.90 Å². The van der Waals surface area contributed by atoms with Gasteiger partial charge in [-0.05, 0) is 114 Å². The Hall–Kier alpha value is -5.42. The van der Waals surface area contributed by atoms with Crippen molar-refractivity contribution in [2.75, 3.05) is 4.90 Å². The molecule has 0 unspecified atom stereocenters. The zero-order valence-electron chi connectivity index (χ0n) is 32.7. The summed E-state index contributed by atoms with van der Waals surface area (Å²) in [6.45, 7) is 14.1. The number of anilines is 3. The molecule has 9 aromatic rings. The minimum atomic E-state index is 0.0122. The number of rotatable bonds is 3. The molecule has 0 amide bonds. The van der Waals surface area contributed by atoms with Crippen LogP contribution in [-0.2, 0) is 10.8 Å². The first-order chi connectivity index (χ1) is 27.0. The van der Waals surface area contributed by atoms with Crippen molar-refractivity contribution >= 4 is 92.4 Å². The highest BCUT2D eigenvalue weighted by Crippen LogP contribution is 2.50. The van der Waals surface area contributed by atoms with Gasteiger partial charge in [0.15, 0.2) is 0 Å². The summed E-state index contributed by atoms with van der Waals surface area (Å²) in [5, 5.41) is 4.05. The van der Waals surface area contributed by atoms with E-state index in [0.29, 0.717) is 0 Å². The molecule has 11 rings (SSSR count). The molecule has 0 radical (unpaired) electrons. The Morgan fingerprint density at radius 3 is 1.98 bits per heavy atom. The molecule has 2 aromatic heterocycles. The molecule has 56 heavy (non-hydrogen) atoms. The monoisotopic (exact) mass is 755 g/mol. The van der Waals surface area contributed by atoms with Crippen LogP contribution < -0.4 is 20.6 Å². The Kier molecular flexibility index (Phi) is 7.29. The van der Waals surface area contributed by atoms with E-state index in [4.69, 9.17) is 0 Å². The first-order valence-corrected chi connectivity index (χ1v) is 21.4. The van der Waals surface area contributed by atoms with Gasteiger partial charge in [0.25, 0.3) is 6.71 Å². The molecule has 4 heteroatoms. The third kappa shape index (κ3) is 4.98. The van der Waals surface area contributed by atoms with Crippen LogP contribution >= 0.6 is 22.7 Å². The fourth-order valence-electron chi connectivity index (χ4n) is 9.33. The maximum Gasteiger partial charge on any atom is 0.260 e. The van der Waals surface area contributed by atoms with Crippen LogP contribution in [0.1, 0.15) is 52.7 Å². The van der Waals surface area contributed by atoms with Crippen LogP contribution in [0.15, 0.2) is 146 Å². The summed E-state index contributed by atoms with van der Waals surface area (Å²) in [5.74, 6) is 0. The van der Waals surface area contributed by atoms with Gasteiger partial charge in [-0.3, -0.25) is 0 Å². The van der Waals surface area contributed by atoms with Gasteiger partial charge in [0.05, 0.1) is 5.69 Å². The minimum Gasteiger partial charge on any atom is -0.311 e. The van der Waals surface area contributed by atoms with Gasteiger partial charge >= 0.3 is 0 Å². The van der Waals surface area contributed by atoms with E-state index >= 15 is 0 Å². The Bertz CT molecular complexity index is 3060. The normalized spacial score (nSPS) is 13.5. The molecule has 0 atom stereocenters. The van der Waals surface area contributed by atoms with Crippen LogP contribution in [0.5, 0.6) is 0 Å². The SMILES string of the molecule is CC(C)(C)c1ccc(N2c3ccccc3B3c4sc5ccc(C(C)(C)C)cc5c4-c4cc(-c5cccc6c5sc5ccccc56)cc2c43)c(-c2ccccc2)c1. The number of benzene rings is 7. The van der Waals surface area contributed by atoms with Crippen LogP contribution in [0, 0.1) is 0 Å². The quantitative estimate of drug-likeness (QED) is 0.162. The summed E-state index contributed by atoms with van der Waals surface area (Å²) in [6, 6.07) is 55.4. The molecule has 0 spiro atoms. The van der Waals surface area contributed by atoms with Gasteiger partial charge in [0.2, 0.25) is 0 Å². The Labute approximate surface area is 338 Å². The highest BCUT2D eigenvalue weighted by molar-refractivity contribution is 7.34. The van der Waals surface area contributed by atoms with Crippen molar-refractivity contribution in [3.05, 3.63) is 157 Å². The predicted octanol–water partition coefficient (Wildman–Crippen LogP) is 13.5. The summed E-state index contributed by atoms with van der Waals surface area (Å²) >= 11 is 3.91. The summed E-state index contributed by atoms with van der Waals surface area (Å²) in [7, 11) is 0. The van der Waals surface area contributed by atoms with E-state index in [1.807, 2.05) is 22.7 Å². The molecule has 0 bridgehead atoms. The summed E-state index contributed by atoms with van der Waals surface area (Å²) in [6.07, 6.45) is 0. The Morgan fingerprint density at radius 1 is 0.464 bits per heavy atom. The lowest BCUT2D eigenvalue weighted by atomic mass is 9.39. The van der Waals surface area contributed by atoms with E-state index < -0.39 is 0 Å². The van der Waals surface area contributed by atoms with Crippen molar-refractivity contribution in [1.82, 2.24) is 0 Å². The second-order valence-electron chi connectivity index (χ2n) is 17.7. The third-order valence-electron chi connectivity index (χ3n) is 12.2. The highest BCUT2D eigenvalue weighted by atomic mass is 32.1. The number of fused-ring (bicyclic) bond motifs is 10. The fourth-order valence-corrected chi connectivity index (χ4v) is 11.9. The molecule has 2 aliphatic heterocycles. The van der Waals surface area contributed by atoms with Gasteiger partial charge in [-0.1, -0.05) is 139 Å². The maximum absolute atomic E-state index is 2.60. The zero-order valence-corrected chi connectivity index (χ0v) is 34.3. The lowest BCUT2D eigenvalue weighted by molar-refractivity contribution is 0.590. The van der Waals surface area contributed by atoms with Gasteiger partial charge in [0.1, 0.15) is 0 Å². The van der Waals surface area contributed by atoms with E-state index in [1.54, 1.807) is 0 Å². The molecular weight excluding hydrogens is 714 g/mol. The molecule has 270 valence electrons. The molecule has 0 saturated carbocycles. The first-order valence-electron chi connectivity index (χ1n) is 19.8. The van der Waals surface area contributed by atoms with Crippen LogP contribution in [0.2, 0.25) is 0 Å². The van der Waals surface area contributed by atoms with Crippen molar-refractivity contribution in [1.29, 1.82) is 0 Å². The van der Waals surface area contributed by atoms with Gasteiger partial charge in [0, 0.05) is 47.2 Å². The van der Waals surface area contributed by atoms with Gasteiger partial charge in [-0.15, -0.1) is 22.7 Å². The Balaban J connectivity index is 1.26. The first kappa shape index (κ1) is 33.9.